The molecule has 0 bridgehead atoms. The number of amides is 2. The molecule has 1 N–H and O–H groups in total. The summed E-state index contributed by atoms with van der Waals surface area (Å²) < 4.78 is 5.27. The van der Waals surface area contributed by atoms with Crippen molar-refractivity contribution in [3.8, 4) is 0 Å². The Morgan fingerprint density at radius 3 is 2.40 bits per heavy atom. The third kappa shape index (κ3) is 4.10. The molecule has 1 saturated heterocycles. The van der Waals surface area contributed by atoms with E-state index in [4.69, 9.17) is 9.84 Å². The number of urea groups is 1. The van der Waals surface area contributed by atoms with Gasteiger partial charge in [0, 0.05) is 26.7 Å². The first-order valence-electron chi connectivity index (χ1n) is 7.39. The van der Waals surface area contributed by atoms with E-state index in [1.54, 1.807) is 0 Å². The number of carbonyl (C=O) groups is 2. The average molecular weight is 284 g/mol. The van der Waals surface area contributed by atoms with E-state index >= 15 is 0 Å². The van der Waals surface area contributed by atoms with Crippen molar-refractivity contribution < 1.29 is 19.4 Å². The quantitative estimate of drug-likeness (QED) is 0.828. The summed E-state index contributed by atoms with van der Waals surface area (Å²) in [6, 6.07) is 0.0913. The first-order chi connectivity index (χ1) is 9.56. The number of ether oxygens (including phenoxy) is 1. The minimum absolute atomic E-state index is 0.0351. The molecule has 0 spiro atoms. The first-order valence-corrected chi connectivity index (χ1v) is 7.39. The monoisotopic (exact) mass is 284 g/mol. The lowest BCUT2D eigenvalue weighted by atomic mass is 9.85. The number of nitrogens with zero attached hydrogens (tertiary/aromatic N) is 2. The molecule has 0 radical (unpaired) electrons. The van der Waals surface area contributed by atoms with Gasteiger partial charge in [-0.3, -0.25) is 0 Å². The van der Waals surface area contributed by atoms with Crippen molar-refractivity contribution in [2.45, 2.75) is 38.2 Å². The fraction of sp³-hybridized carbons (Fsp3) is 0.857. The minimum Gasteiger partial charge on any atom is -0.480 e. The summed E-state index contributed by atoms with van der Waals surface area (Å²) in [5, 5.41) is 8.57. The van der Waals surface area contributed by atoms with E-state index in [1.807, 2.05) is 16.8 Å². The maximum absolute atomic E-state index is 12.3. The summed E-state index contributed by atoms with van der Waals surface area (Å²) in [7, 11) is 1.87. The summed E-state index contributed by atoms with van der Waals surface area (Å²) >= 11 is 0. The highest BCUT2D eigenvalue weighted by Gasteiger charge is 2.27. The molecular formula is C14H24N2O4. The molecule has 6 nitrogen and oxygen atoms in total. The number of hydrogen-bond donors (Lipinski definition) is 1. The van der Waals surface area contributed by atoms with Gasteiger partial charge < -0.3 is 19.6 Å². The van der Waals surface area contributed by atoms with Gasteiger partial charge in [-0.15, -0.1) is 0 Å². The smallest absolute Gasteiger partial charge is 0.329 e. The third-order valence-electron chi connectivity index (χ3n) is 4.24. The largest absolute Gasteiger partial charge is 0.480 e. The number of likely N-dealkylation sites (tertiary alicyclic amines) is 1. The Balaban J connectivity index is 1.69. The predicted octanol–water partition coefficient (Wildman–Crippen LogP) is 1.40. The van der Waals surface area contributed by atoms with E-state index < -0.39 is 5.97 Å². The number of rotatable bonds is 5. The Kier molecular flexibility index (Phi) is 5.23. The molecule has 2 rings (SSSR count). The van der Waals surface area contributed by atoms with Crippen LogP contribution in [0.2, 0.25) is 0 Å². The molecule has 2 aliphatic rings. The van der Waals surface area contributed by atoms with Gasteiger partial charge in [0.05, 0.1) is 6.10 Å². The van der Waals surface area contributed by atoms with Gasteiger partial charge in [-0.1, -0.05) is 6.42 Å². The van der Waals surface area contributed by atoms with Crippen LogP contribution in [0.25, 0.3) is 0 Å². The number of aliphatic carboxylic acids is 1. The fourth-order valence-electron chi connectivity index (χ4n) is 2.79. The van der Waals surface area contributed by atoms with Crippen molar-refractivity contribution in [2.75, 3.05) is 33.3 Å². The molecule has 114 valence electrons. The van der Waals surface area contributed by atoms with Crippen LogP contribution >= 0.6 is 0 Å². The molecule has 1 heterocycles. The van der Waals surface area contributed by atoms with Crippen LogP contribution in [0, 0.1) is 5.92 Å². The van der Waals surface area contributed by atoms with E-state index in [0.717, 1.165) is 19.4 Å². The van der Waals surface area contributed by atoms with Crippen molar-refractivity contribution >= 4 is 12.0 Å². The Bertz CT molecular complexity index is 349. The summed E-state index contributed by atoms with van der Waals surface area (Å²) in [5.74, 6) is -0.260. The van der Waals surface area contributed by atoms with Crippen molar-refractivity contribution in [1.29, 1.82) is 0 Å². The van der Waals surface area contributed by atoms with Gasteiger partial charge in [0.15, 0.2) is 0 Å². The lowest BCUT2D eigenvalue weighted by Crippen LogP contribution is -2.48. The normalized spacial score (nSPS) is 20.6. The molecule has 0 atom stereocenters. The van der Waals surface area contributed by atoms with Gasteiger partial charge in [-0.25, -0.2) is 9.59 Å². The zero-order chi connectivity index (χ0) is 14.5. The van der Waals surface area contributed by atoms with Crippen LogP contribution < -0.4 is 0 Å². The molecule has 20 heavy (non-hydrogen) atoms. The number of hydrogen-bond acceptors (Lipinski definition) is 3. The van der Waals surface area contributed by atoms with E-state index in [2.05, 4.69) is 0 Å². The van der Waals surface area contributed by atoms with Crippen molar-refractivity contribution in [2.24, 2.45) is 5.92 Å². The standard InChI is InChI=1S/C14H24N2O4/c1-15(9-11-3-2-4-11)14(19)16-7-5-12(6-8-16)20-10-13(17)18/h11-12H,2-10H2,1H3,(H,17,18). The Hall–Kier alpha value is -1.30. The van der Waals surface area contributed by atoms with E-state index in [1.165, 1.54) is 19.3 Å². The number of carboxylic acids is 1. The summed E-state index contributed by atoms with van der Waals surface area (Å²) in [5.41, 5.74) is 0. The number of piperidine rings is 1. The van der Waals surface area contributed by atoms with Crippen LogP contribution in [0.5, 0.6) is 0 Å². The molecule has 2 fully saturated rings. The van der Waals surface area contributed by atoms with Gasteiger partial charge >= 0.3 is 12.0 Å². The second kappa shape index (κ2) is 6.92. The summed E-state index contributed by atoms with van der Waals surface area (Å²) in [4.78, 5) is 26.4. The van der Waals surface area contributed by atoms with Crippen molar-refractivity contribution in [1.82, 2.24) is 9.80 Å². The topological polar surface area (TPSA) is 70.1 Å². The number of carbonyl (C=O) groups excluding carboxylic acids is 1. The van der Waals surface area contributed by atoms with Gasteiger partial charge in [-0.05, 0) is 31.6 Å². The maximum atomic E-state index is 12.3. The van der Waals surface area contributed by atoms with Crippen LogP contribution in [0.1, 0.15) is 32.1 Å². The van der Waals surface area contributed by atoms with E-state index in [9.17, 15) is 9.59 Å². The van der Waals surface area contributed by atoms with Crippen LogP contribution in [0.15, 0.2) is 0 Å². The average Bonchev–Trinajstić information content (AvgIpc) is 2.40. The van der Waals surface area contributed by atoms with E-state index in [-0.39, 0.29) is 18.7 Å². The van der Waals surface area contributed by atoms with Crippen molar-refractivity contribution in [3.05, 3.63) is 0 Å². The Labute approximate surface area is 119 Å². The molecule has 1 aliphatic carbocycles. The zero-order valence-corrected chi connectivity index (χ0v) is 12.1. The summed E-state index contributed by atoms with van der Waals surface area (Å²) in [6.07, 6.45) is 5.17. The molecule has 0 aromatic carbocycles. The highest BCUT2D eigenvalue weighted by Crippen LogP contribution is 2.27. The molecule has 6 heteroatoms. The SMILES string of the molecule is CN(CC1CCC1)C(=O)N1CCC(OCC(=O)O)CC1. The predicted molar refractivity (Wildman–Crippen MR) is 73.5 cm³/mol. The highest BCUT2D eigenvalue weighted by molar-refractivity contribution is 5.74. The van der Waals surface area contributed by atoms with Gasteiger partial charge in [-0.2, -0.15) is 0 Å². The Morgan fingerprint density at radius 1 is 1.25 bits per heavy atom. The van der Waals surface area contributed by atoms with Crippen LogP contribution in [0.4, 0.5) is 4.79 Å². The number of carboxylic acid groups (broad SMARTS) is 1. The fourth-order valence-corrected chi connectivity index (χ4v) is 2.79. The molecule has 2 amide bonds. The Morgan fingerprint density at radius 2 is 1.90 bits per heavy atom. The second-order valence-electron chi connectivity index (χ2n) is 5.85. The summed E-state index contributed by atoms with van der Waals surface area (Å²) in [6.45, 7) is 1.91. The van der Waals surface area contributed by atoms with E-state index in [0.29, 0.717) is 19.0 Å². The molecule has 0 aromatic rings. The highest BCUT2D eigenvalue weighted by atomic mass is 16.5. The molecule has 1 aliphatic heterocycles. The lowest BCUT2D eigenvalue weighted by molar-refractivity contribution is -0.145. The molecule has 1 saturated carbocycles. The van der Waals surface area contributed by atoms with Gasteiger partial charge in [0.2, 0.25) is 0 Å². The molecule has 0 aromatic heterocycles. The third-order valence-corrected chi connectivity index (χ3v) is 4.24. The van der Waals surface area contributed by atoms with Crippen LogP contribution in [-0.4, -0.2) is 66.3 Å². The second-order valence-corrected chi connectivity index (χ2v) is 5.85. The first kappa shape index (κ1) is 15.1. The van der Waals surface area contributed by atoms with Gasteiger partial charge in [0.25, 0.3) is 0 Å². The molecule has 0 unspecified atom stereocenters. The molecular weight excluding hydrogens is 260 g/mol. The minimum atomic E-state index is -0.941. The van der Waals surface area contributed by atoms with Crippen LogP contribution in [-0.2, 0) is 9.53 Å². The maximum Gasteiger partial charge on any atom is 0.329 e. The van der Waals surface area contributed by atoms with Gasteiger partial charge in [0.1, 0.15) is 6.61 Å². The zero-order valence-electron chi connectivity index (χ0n) is 12.1. The lowest BCUT2D eigenvalue weighted by Gasteiger charge is -2.36. The van der Waals surface area contributed by atoms with Crippen molar-refractivity contribution in [3.63, 3.8) is 0 Å². The van der Waals surface area contributed by atoms with Crippen LogP contribution in [0.3, 0.4) is 0 Å².